The highest BCUT2D eigenvalue weighted by Crippen LogP contribution is 2.34. The molecule has 4 N–H and O–H groups in total. The van der Waals surface area contributed by atoms with Crippen molar-refractivity contribution in [1.82, 2.24) is 15.5 Å². The van der Waals surface area contributed by atoms with Crippen LogP contribution < -0.4 is 10.1 Å². The Labute approximate surface area is 190 Å². The Morgan fingerprint density at radius 3 is 2.56 bits per heavy atom. The number of carboxylic acid groups (broad SMARTS) is 1. The van der Waals surface area contributed by atoms with E-state index in [9.17, 15) is 19.8 Å². The lowest BCUT2D eigenvalue weighted by Gasteiger charge is -2.28. The van der Waals surface area contributed by atoms with Crippen LogP contribution in [-0.4, -0.2) is 44.9 Å². The number of nitrogens with one attached hydrogen (secondary N) is 2. The van der Waals surface area contributed by atoms with E-state index in [0.29, 0.717) is 23.1 Å². The molecule has 9 heteroatoms. The van der Waals surface area contributed by atoms with Crippen molar-refractivity contribution in [3.8, 4) is 17.0 Å². The van der Waals surface area contributed by atoms with E-state index >= 15 is 0 Å². The molecule has 168 valence electrons. The first kappa shape index (κ1) is 23.3. The average molecular weight is 458 g/mol. The second-order valence-electron chi connectivity index (χ2n) is 7.36. The Balaban J connectivity index is 1.78. The largest absolute Gasteiger partial charge is 0.479 e. The number of nitrogens with zero attached hydrogens (tertiary/aromatic N) is 1. The van der Waals surface area contributed by atoms with Crippen LogP contribution >= 0.6 is 11.6 Å². The molecular weight excluding hydrogens is 434 g/mol. The summed E-state index contributed by atoms with van der Waals surface area (Å²) < 4.78 is 5.24. The minimum absolute atomic E-state index is 0.0921. The number of carboxylic acids is 1. The van der Waals surface area contributed by atoms with E-state index in [-0.39, 0.29) is 17.7 Å². The molecule has 0 fully saturated rings. The molecule has 3 rings (SSSR count). The maximum absolute atomic E-state index is 12.4. The molecule has 0 aliphatic carbocycles. The molecule has 1 amide bonds. The van der Waals surface area contributed by atoms with Gasteiger partial charge in [0.25, 0.3) is 5.91 Å². The standard InChI is InChI=1S/C23H24ClN3O5/c1-3-32-20-12-19(26-27-20)21(28)25-14(2)13-23(31,22(29)30)16-9-10-17(18(24)11-16)15-7-5-4-6-8-15/h4-12,14,31H,3,13H2,1-2H3,(H,25,28)(H,26,27)(H,29,30). The van der Waals surface area contributed by atoms with Crippen LogP contribution in [0.3, 0.4) is 0 Å². The molecular formula is C23H24ClN3O5. The average Bonchev–Trinajstić information content (AvgIpc) is 3.23. The van der Waals surface area contributed by atoms with Crippen LogP contribution in [0.15, 0.2) is 54.6 Å². The van der Waals surface area contributed by atoms with Gasteiger partial charge in [0.2, 0.25) is 5.88 Å². The molecule has 3 aromatic rings. The molecule has 2 unspecified atom stereocenters. The van der Waals surface area contributed by atoms with Crippen molar-refractivity contribution in [3.63, 3.8) is 0 Å². The van der Waals surface area contributed by atoms with Crippen molar-refractivity contribution in [1.29, 1.82) is 0 Å². The second-order valence-corrected chi connectivity index (χ2v) is 7.76. The molecule has 0 aliphatic rings. The van der Waals surface area contributed by atoms with Crippen molar-refractivity contribution < 1.29 is 24.5 Å². The lowest BCUT2D eigenvalue weighted by atomic mass is 9.86. The summed E-state index contributed by atoms with van der Waals surface area (Å²) in [5.74, 6) is -1.62. The first-order valence-corrected chi connectivity index (χ1v) is 10.4. The minimum atomic E-state index is -2.26. The number of aromatic nitrogens is 2. The number of halogens is 1. The zero-order valence-electron chi connectivity index (χ0n) is 17.6. The number of H-pyrrole nitrogens is 1. The number of aliphatic hydroxyl groups is 1. The Hall–Kier alpha value is -3.36. The van der Waals surface area contributed by atoms with Crippen molar-refractivity contribution in [2.75, 3.05) is 6.61 Å². The van der Waals surface area contributed by atoms with E-state index in [4.69, 9.17) is 16.3 Å². The van der Waals surface area contributed by atoms with Gasteiger partial charge in [0.15, 0.2) is 11.3 Å². The first-order valence-electron chi connectivity index (χ1n) is 10.0. The van der Waals surface area contributed by atoms with Gasteiger partial charge in [0.05, 0.1) is 6.61 Å². The van der Waals surface area contributed by atoms with E-state index in [2.05, 4.69) is 15.5 Å². The van der Waals surface area contributed by atoms with E-state index < -0.39 is 23.5 Å². The van der Waals surface area contributed by atoms with Crippen molar-refractivity contribution in [3.05, 3.63) is 70.9 Å². The van der Waals surface area contributed by atoms with Crippen molar-refractivity contribution in [2.24, 2.45) is 0 Å². The summed E-state index contributed by atoms with van der Waals surface area (Å²) in [5, 5.41) is 30.2. The summed E-state index contributed by atoms with van der Waals surface area (Å²) in [5.41, 5.74) is -0.459. The van der Waals surface area contributed by atoms with Gasteiger partial charge in [-0.2, -0.15) is 5.10 Å². The number of rotatable bonds is 9. The van der Waals surface area contributed by atoms with E-state index in [1.54, 1.807) is 19.9 Å². The Kier molecular flexibility index (Phi) is 7.17. The van der Waals surface area contributed by atoms with Gasteiger partial charge in [-0.3, -0.25) is 4.79 Å². The molecule has 0 bridgehead atoms. The fourth-order valence-electron chi connectivity index (χ4n) is 3.39. The smallest absolute Gasteiger partial charge is 0.340 e. The Morgan fingerprint density at radius 2 is 1.94 bits per heavy atom. The molecule has 32 heavy (non-hydrogen) atoms. The summed E-state index contributed by atoms with van der Waals surface area (Å²) in [6.45, 7) is 3.81. The molecule has 8 nitrogen and oxygen atoms in total. The topological polar surface area (TPSA) is 125 Å². The number of amides is 1. The minimum Gasteiger partial charge on any atom is -0.479 e. The predicted molar refractivity (Wildman–Crippen MR) is 120 cm³/mol. The zero-order chi connectivity index (χ0) is 23.3. The predicted octanol–water partition coefficient (Wildman–Crippen LogP) is 3.61. The number of hydrogen-bond donors (Lipinski definition) is 4. The maximum atomic E-state index is 12.4. The van der Waals surface area contributed by atoms with Gasteiger partial charge in [0, 0.05) is 29.1 Å². The highest BCUT2D eigenvalue weighted by Gasteiger charge is 2.40. The molecule has 2 aromatic carbocycles. The monoisotopic (exact) mass is 457 g/mol. The summed E-state index contributed by atoms with van der Waals surface area (Å²) >= 11 is 6.41. The third-order valence-corrected chi connectivity index (χ3v) is 5.26. The molecule has 0 saturated heterocycles. The maximum Gasteiger partial charge on any atom is 0.340 e. The third kappa shape index (κ3) is 5.09. The van der Waals surface area contributed by atoms with Crippen LogP contribution in [0.25, 0.3) is 11.1 Å². The number of aliphatic carboxylic acids is 1. The van der Waals surface area contributed by atoms with Gasteiger partial charge < -0.3 is 20.3 Å². The van der Waals surface area contributed by atoms with Gasteiger partial charge >= 0.3 is 5.97 Å². The van der Waals surface area contributed by atoms with Gasteiger partial charge in [-0.1, -0.05) is 54.1 Å². The number of carbonyl (C=O) groups is 2. The summed E-state index contributed by atoms with van der Waals surface area (Å²) in [7, 11) is 0. The summed E-state index contributed by atoms with van der Waals surface area (Å²) in [4.78, 5) is 24.4. The van der Waals surface area contributed by atoms with Gasteiger partial charge in [-0.25, -0.2) is 9.89 Å². The normalized spacial score (nSPS) is 13.8. The zero-order valence-corrected chi connectivity index (χ0v) is 18.4. The van der Waals surface area contributed by atoms with Crippen molar-refractivity contribution >= 4 is 23.5 Å². The van der Waals surface area contributed by atoms with Gasteiger partial charge in [-0.05, 0) is 31.0 Å². The van der Waals surface area contributed by atoms with Gasteiger partial charge in [-0.15, -0.1) is 0 Å². The molecule has 0 saturated carbocycles. The van der Waals surface area contributed by atoms with E-state index in [1.165, 1.54) is 18.2 Å². The number of aromatic amines is 1. The highest BCUT2D eigenvalue weighted by atomic mass is 35.5. The van der Waals surface area contributed by atoms with Crippen LogP contribution in [0.5, 0.6) is 5.88 Å². The first-order chi connectivity index (χ1) is 15.2. The van der Waals surface area contributed by atoms with E-state index in [0.717, 1.165) is 5.56 Å². The molecule has 2 atom stereocenters. The van der Waals surface area contributed by atoms with E-state index in [1.807, 2.05) is 30.3 Å². The number of hydrogen-bond acceptors (Lipinski definition) is 5. The van der Waals surface area contributed by atoms with Crippen LogP contribution in [0, 0.1) is 0 Å². The quantitative estimate of drug-likeness (QED) is 0.389. The highest BCUT2D eigenvalue weighted by molar-refractivity contribution is 6.33. The molecule has 1 aromatic heterocycles. The molecule has 0 radical (unpaired) electrons. The lowest BCUT2D eigenvalue weighted by molar-refractivity contribution is -0.161. The second kappa shape index (κ2) is 9.84. The number of benzene rings is 2. The third-order valence-electron chi connectivity index (χ3n) is 4.95. The Morgan fingerprint density at radius 1 is 1.22 bits per heavy atom. The molecule has 1 heterocycles. The number of carbonyl (C=O) groups excluding carboxylic acids is 1. The number of ether oxygens (including phenoxy) is 1. The SMILES string of the molecule is CCOc1cc(C(=O)NC(C)CC(O)(C(=O)O)c2ccc(-c3ccccc3)c(Cl)c2)n[nH]1. The molecule has 0 aliphatic heterocycles. The lowest BCUT2D eigenvalue weighted by Crippen LogP contribution is -2.44. The summed E-state index contributed by atoms with van der Waals surface area (Å²) in [6, 6.07) is 14.8. The van der Waals surface area contributed by atoms with Crippen LogP contribution in [0.2, 0.25) is 5.02 Å². The van der Waals surface area contributed by atoms with Gasteiger partial charge in [0.1, 0.15) is 0 Å². The fraction of sp³-hybridized carbons (Fsp3) is 0.261. The van der Waals surface area contributed by atoms with Crippen molar-refractivity contribution in [2.45, 2.75) is 31.9 Å². The van der Waals surface area contributed by atoms with Crippen LogP contribution in [0.4, 0.5) is 0 Å². The molecule has 0 spiro atoms. The van der Waals surface area contributed by atoms with Crippen LogP contribution in [0.1, 0.15) is 36.3 Å². The Bertz CT molecular complexity index is 1100. The van der Waals surface area contributed by atoms with Crippen LogP contribution in [-0.2, 0) is 10.4 Å². The summed E-state index contributed by atoms with van der Waals surface area (Å²) in [6.07, 6.45) is -0.280. The fourth-order valence-corrected chi connectivity index (χ4v) is 3.68.